The molecule has 0 radical (unpaired) electrons. The molecule has 0 fully saturated rings. The molecule has 0 unspecified atom stereocenters. The Hall–Kier alpha value is -0.430. The minimum atomic E-state index is -3.34. The van der Waals surface area contributed by atoms with Crippen molar-refractivity contribution >= 4 is 21.4 Å². The lowest BCUT2D eigenvalue weighted by Crippen LogP contribution is -2.26. The summed E-state index contributed by atoms with van der Waals surface area (Å²) in [6.45, 7) is 3.22. The van der Waals surface area contributed by atoms with Gasteiger partial charge in [-0.25, -0.2) is 13.6 Å². The topological polar surface area (TPSA) is 72.2 Å². The van der Waals surface area contributed by atoms with E-state index in [1.807, 2.05) is 0 Å². The first-order chi connectivity index (χ1) is 7.01. The highest BCUT2D eigenvalue weighted by molar-refractivity contribution is 7.89. The van der Waals surface area contributed by atoms with Crippen molar-refractivity contribution in [2.45, 2.75) is 19.9 Å². The summed E-state index contributed by atoms with van der Waals surface area (Å²) in [4.78, 5) is 2.57. The number of rotatable bonds is 6. The number of sulfonamides is 1. The van der Waals surface area contributed by atoms with Crippen LogP contribution in [0.1, 0.15) is 16.7 Å². The lowest BCUT2D eigenvalue weighted by atomic mass is 10.3. The molecule has 0 saturated carbocycles. The molecule has 86 valence electrons. The summed E-state index contributed by atoms with van der Waals surface area (Å²) in [5.74, 6) is -0.0149. The highest BCUT2D eigenvalue weighted by Gasteiger charge is 2.02. The van der Waals surface area contributed by atoms with Gasteiger partial charge in [-0.1, -0.05) is 6.92 Å². The lowest BCUT2D eigenvalue weighted by Gasteiger charge is -2.00. The maximum atomic E-state index is 10.6. The number of hydrogen-bond acceptors (Lipinski definition) is 4. The molecule has 0 amide bonds. The van der Waals surface area contributed by atoms with Crippen molar-refractivity contribution in [2.75, 3.05) is 12.3 Å². The van der Waals surface area contributed by atoms with Crippen molar-refractivity contribution in [3.05, 3.63) is 21.9 Å². The van der Waals surface area contributed by atoms with Gasteiger partial charge in [-0.15, -0.1) is 11.3 Å². The molecule has 0 aromatic carbocycles. The largest absolute Gasteiger partial charge is 0.311 e. The molecule has 0 saturated heterocycles. The fourth-order valence-electron chi connectivity index (χ4n) is 1.13. The third-order valence-electron chi connectivity index (χ3n) is 1.93. The first-order valence-corrected chi connectivity index (χ1v) is 7.33. The predicted molar refractivity (Wildman–Crippen MR) is 63.4 cm³/mol. The summed E-state index contributed by atoms with van der Waals surface area (Å²) in [6.07, 6.45) is 1.04. The third kappa shape index (κ3) is 5.27. The number of hydrogen-bond donors (Lipinski definition) is 2. The van der Waals surface area contributed by atoms with Crippen LogP contribution in [0.2, 0.25) is 0 Å². The standard InChI is InChI=1S/C9H16N2O2S2/c1-2-8-3-4-9(14-8)7-11-5-6-15(10,12)13/h3-4,11H,2,5-7H2,1H3,(H2,10,12,13). The highest BCUT2D eigenvalue weighted by Crippen LogP contribution is 2.16. The fraction of sp³-hybridized carbons (Fsp3) is 0.556. The quantitative estimate of drug-likeness (QED) is 0.728. The molecule has 0 aliphatic rings. The van der Waals surface area contributed by atoms with Crippen LogP contribution in [0.3, 0.4) is 0 Å². The Balaban J connectivity index is 2.26. The Morgan fingerprint density at radius 2 is 2.07 bits per heavy atom. The molecule has 0 aliphatic carbocycles. The van der Waals surface area contributed by atoms with Gasteiger partial charge in [0.1, 0.15) is 0 Å². The van der Waals surface area contributed by atoms with E-state index in [9.17, 15) is 8.42 Å². The van der Waals surface area contributed by atoms with Gasteiger partial charge in [0, 0.05) is 22.8 Å². The van der Waals surface area contributed by atoms with Gasteiger partial charge in [-0.3, -0.25) is 0 Å². The van der Waals surface area contributed by atoms with Crippen LogP contribution in [-0.4, -0.2) is 20.7 Å². The number of nitrogens with one attached hydrogen (secondary N) is 1. The van der Waals surface area contributed by atoms with E-state index < -0.39 is 10.0 Å². The summed E-state index contributed by atoms with van der Waals surface area (Å²) >= 11 is 1.75. The van der Waals surface area contributed by atoms with Gasteiger partial charge in [0.05, 0.1) is 5.75 Å². The van der Waals surface area contributed by atoms with E-state index in [0.29, 0.717) is 13.1 Å². The number of nitrogens with two attached hydrogens (primary N) is 1. The van der Waals surface area contributed by atoms with Gasteiger partial charge < -0.3 is 5.32 Å². The molecule has 15 heavy (non-hydrogen) atoms. The van der Waals surface area contributed by atoms with E-state index in [0.717, 1.165) is 6.42 Å². The van der Waals surface area contributed by atoms with Crippen molar-refractivity contribution in [3.63, 3.8) is 0 Å². The zero-order chi connectivity index (χ0) is 11.3. The summed E-state index contributed by atoms with van der Waals surface area (Å²) in [5, 5.41) is 7.92. The Morgan fingerprint density at radius 3 is 2.60 bits per heavy atom. The molecule has 0 bridgehead atoms. The number of thiophene rings is 1. The highest BCUT2D eigenvalue weighted by atomic mass is 32.2. The van der Waals surface area contributed by atoms with E-state index in [4.69, 9.17) is 5.14 Å². The van der Waals surface area contributed by atoms with E-state index in [2.05, 4.69) is 24.4 Å². The van der Waals surface area contributed by atoms with Crippen LogP contribution in [-0.2, 0) is 23.0 Å². The second kappa shape index (κ2) is 5.60. The molecule has 0 spiro atoms. The van der Waals surface area contributed by atoms with Crippen LogP contribution in [0.5, 0.6) is 0 Å². The Labute approximate surface area is 94.5 Å². The molecular weight excluding hydrogens is 232 g/mol. The smallest absolute Gasteiger partial charge is 0.210 e. The molecule has 0 atom stereocenters. The summed E-state index contributed by atoms with van der Waals surface area (Å²) in [6, 6.07) is 4.16. The summed E-state index contributed by atoms with van der Waals surface area (Å²) in [5.41, 5.74) is 0. The molecule has 1 aromatic heterocycles. The molecule has 4 nitrogen and oxygen atoms in total. The van der Waals surface area contributed by atoms with Crippen molar-refractivity contribution in [3.8, 4) is 0 Å². The Kier molecular flexibility index (Phi) is 4.72. The maximum Gasteiger partial charge on any atom is 0.210 e. The molecule has 0 aliphatic heterocycles. The molecule has 1 rings (SSSR count). The van der Waals surface area contributed by atoms with Gasteiger partial charge in [0.25, 0.3) is 0 Å². The second-order valence-electron chi connectivity index (χ2n) is 3.27. The van der Waals surface area contributed by atoms with Gasteiger partial charge >= 0.3 is 0 Å². The zero-order valence-corrected chi connectivity index (χ0v) is 10.3. The minimum Gasteiger partial charge on any atom is -0.311 e. The normalized spacial score (nSPS) is 11.9. The van der Waals surface area contributed by atoms with Gasteiger partial charge in [-0.05, 0) is 18.6 Å². The molecular formula is C9H16N2O2S2. The van der Waals surface area contributed by atoms with E-state index in [1.165, 1.54) is 9.75 Å². The van der Waals surface area contributed by atoms with Crippen LogP contribution < -0.4 is 10.5 Å². The van der Waals surface area contributed by atoms with E-state index in [-0.39, 0.29) is 5.75 Å². The fourth-order valence-corrected chi connectivity index (χ4v) is 2.49. The lowest BCUT2D eigenvalue weighted by molar-refractivity contribution is 0.592. The minimum absolute atomic E-state index is 0.0149. The van der Waals surface area contributed by atoms with Crippen LogP contribution in [0.15, 0.2) is 12.1 Å². The van der Waals surface area contributed by atoms with E-state index in [1.54, 1.807) is 11.3 Å². The van der Waals surface area contributed by atoms with Crippen LogP contribution in [0, 0.1) is 0 Å². The molecule has 1 aromatic rings. The second-order valence-corrected chi connectivity index (χ2v) is 6.25. The maximum absolute atomic E-state index is 10.6. The van der Waals surface area contributed by atoms with Crippen LogP contribution in [0.4, 0.5) is 0 Å². The van der Waals surface area contributed by atoms with Crippen molar-refractivity contribution in [2.24, 2.45) is 5.14 Å². The van der Waals surface area contributed by atoms with Crippen molar-refractivity contribution in [1.29, 1.82) is 0 Å². The third-order valence-corrected chi connectivity index (χ3v) is 3.93. The first-order valence-electron chi connectivity index (χ1n) is 4.80. The Bertz CT molecular complexity index is 398. The van der Waals surface area contributed by atoms with Gasteiger partial charge in [0.2, 0.25) is 10.0 Å². The molecule has 3 N–H and O–H groups in total. The molecule has 1 heterocycles. The monoisotopic (exact) mass is 248 g/mol. The SMILES string of the molecule is CCc1ccc(CNCCS(N)(=O)=O)s1. The summed E-state index contributed by atoms with van der Waals surface area (Å²) < 4.78 is 21.3. The van der Waals surface area contributed by atoms with Crippen molar-refractivity contribution in [1.82, 2.24) is 5.32 Å². The van der Waals surface area contributed by atoms with Crippen molar-refractivity contribution < 1.29 is 8.42 Å². The number of aryl methyl sites for hydroxylation is 1. The molecule has 6 heteroatoms. The van der Waals surface area contributed by atoms with Crippen LogP contribution >= 0.6 is 11.3 Å². The predicted octanol–water partition coefficient (Wildman–Crippen LogP) is 0.689. The zero-order valence-electron chi connectivity index (χ0n) is 8.69. The average Bonchev–Trinajstić information content (AvgIpc) is 2.59. The van der Waals surface area contributed by atoms with Gasteiger partial charge in [-0.2, -0.15) is 0 Å². The average molecular weight is 248 g/mol. The van der Waals surface area contributed by atoms with Gasteiger partial charge in [0.15, 0.2) is 0 Å². The summed E-state index contributed by atoms with van der Waals surface area (Å²) in [7, 11) is -3.34. The number of primary sulfonamides is 1. The first kappa shape index (κ1) is 12.6. The van der Waals surface area contributed by atoms with E-state index >= 15 is 0 Å². The van der Waals surface area contributed by atoms with Crippen LogP contribution in [0.25, 0.3) is 0 Å². The Morgan fingerprint density at radius 1 is 1.40 bits per heavy atom.